The molecule has 0 saturated carbocycles. The van der Waals surface area contributed by atoms with Crippen molar-refractivity contribution in [3.05, 3.63) is 23.2 Å². The molecule has 0 saturated heterocycles. The second kappa shape index (κ2) is 13.1. The summed E-state index contributed by atoms with van der Waals surface area (Å²) in [5.74, 6) is 0. The number of anilines is 2. The lowest BCUT2D eigenvalue weighted by molar-refractivity contribution is 0.400. The van der Waals surface area contributed by atoms with Crippen LogP contribution in [0.15, 0.2) is 18.2 Å². The average Bonchev–Trinajstić information content (AvgIpc) is 2.58. The summed E-state index contributed by atoms with van der Waals surface area (Å²) in [5.41, 5.74) is 1.60. The van der Waals surface area contributed by atoms with Crippen molar-refractivity contribution < 1.29 is 0 Å². The van der Waals surface area contributed by atoms with E-state index < -0.39 is 0 Å². The molecule has 0 atom stereocenters. The normalized spacial score (nSPS) is 10.8. The number of halogens is 1. The number of benzene rings is 1. The summed E-state index contributed by atoms with van der Waals surface area (Å²) in [5, 5.41) is 14.4. The molecule has 0 bridgehead atoms. The molecule has 0 unspecified atom stereocenters. The van der Waals surface area contributed by atoms with Crippen LogP contribution in [0.2, 0.25) is 5.02 Å². The van der Waals surface area contributed by atoms with Gasteiger partial charge in [0.2, 0.25) is 0 Å². The molecule has 0 aliphatic carbocycles. The van der Waals surface area contributed by atoms with Crippen molar-refractivity contribution in [1.29, 1.82) is 0 Å². The fourth-order valence-corrected chi connectivity index (χ4v) is 2.89. The molecule has 4 N–H and O–H groups in total. The molecule has 0 aromatic heterocycles. The van der Waals surface area contributed by atoms with Crippen molar-refractivity contribution in [2.75, 3.05) is 65.0 Å². The van der Waals surface area contributed by atoms with Crippen molar-refractivity contribution in [2.24, 2.45) is 0 Å². The minimum atomic E-state index is 0.564. The zero-order valence-corrected chi connectivity index (χ0v) is 19.0. The van der Waals surface area contributed by atoms with Crippen LogP contribution in [0.4, 0.5) is 11.4 Å². The summed E-state index contributed by atoms with van der Waals surface area (Å²) in [7, 11) is 8.21. The number of hydrogen-bond donors (Lipinski definition) is 4. The molecule has 0 aliphatic rings. The monoisotopic (exact) mass is 430 g/mol. The maximum atomic E-state index is 6.36. The maximum Gasteiger partial charge on any atom is 0.170 e. The second-order valence-corrected chi connectivity index (χ2v) is 7.99. The van der Waals surface area contributed by atoms with Crippen LogP contribution in [0.1, 0.15) is 12.8 Å². The number of nitrogens with one attached hydrogen (secondary N) is 4. The molecule has 0 heterocycles. The fraction of sp³-hybridized carbons (Fsp3) is 0.556. The molecule has 0 amide bonds. The highest BCUT2D eigenvalue weighted by molar-refractivity contribution is 7.80. The minimum Gasteiger partial charge on any atom is -0.362 e. The van der Waals surface area contributed by atoms with Crippen molar-refractivity contribution in [3.63, 3.8) is 0 Å². The van der Waals surface area contributed by atoms with Crippen molar-refractivity contribution in [1.82, 2.24) is 20.4 Å². The summed E-state index contributed by atoms with van der Waals surface area (Å²) < 4.78 is 0. The maximum absolute atomic E-state index is 6.36. The molecule has 1 aromatic carbocycles. The molecule has 1 aromatic rings. The van der Waals surface area contributed by atoms with Crippen molar-refractivity contribution in [3.8, 4) is 0 Å². The van der Waals surface area contributed by atoms with E-state index in [9.17, 15) is 0 Å². The van der Waals surface area contributed by atoms with E-state index in [1.807, 2.05) is 18.2 Å². The Kier molecular flexibility index (Phi) is 11.5. The van der Waals surface area contributed by atoms with Gasteiger partial charge in [-0.3, -0.25) is 0 Å². The van der Waals surface area contributed by atoms with Crippen molar-refractivity contribution in [2.45, 2.75) is 12.8 Å². The zero-order valence-electron chi connectivity index (χ0n) is 16.6. The first-order chi connectivity index (χ1) is 12.8. The number of thiocarbonyl (C=S) groups is 2. The van der Waals surface area contributed by atoms with Gasteiger partial charge in [0.05, 0.1) is 10.7 Å². The van der Waals surface area contributed by atoms with E-state index in [-0.39, 0.29) is 0 Å². The predicted molar refractivity (Wildman–Crippen MR) is 126 cm³/mol. The molecule has 1 rings (SSSR count). The quantitative estimate of drug-likeness (QED) is 0.334. The van der Waals surface area contributed by atoms with Gasteiger partial charge in [0, 0.05) is 18.8 Å². The summed E-state index contributed by atoms with van der Waals surface area (Å²) in [6.45, 7) is 3.67. The van der Waals surface area contributed by atoms with Gasteiger partial charge in [-0.1, -0.05) is 11.6 Å². The fourth-order valence-electron chi connectivity index (χ4n) is 2.23. The van der Waals surface area contributed by atoms with E-state index in [0.717, 1.165) is 50.4 Å². The van der Waals surface area contributed by atoms with E-state index in [4.69, 9.17) is 36.0 Å². The van der Waals surface area contributed by atoms with Gasteiger partial charge in [-0.05, 0) is 96.8 Å². The highest BCUT2D eigenvalue weighted by Crippen LogP contribution is 2.25. The van der Waals surface area contributed by atoms with Crippen LogP contribution in [-0.4, -0.2) is 74.4 Å². The third-order valence-corrected chi connectivity index (χ3v) is 4.42. The molecule has 0 radical (unpaired) electrons. The van der Waals surface area contributed by atoms with E-state index in [1.54, 1.807) is 0 Å². The SMILES string of the molecule is CN(C)CCCNC(=S)Nc1ccc(NC(=S)NCCCN(C)C)c(Cl)c1. The first kappa shape index (κ1) is 23.8. The Balaban J connectivity index is 2.40. The van der Waals surface area contributed by atoms with E-state index in [0.29, 0.717) is 15.2 Å². The highest BCUT2D eigenvalue weighted by atomic mass is 35.5. The largest absolute Gasteiger partial charge is 0.362 e. The van der Waals surface area contributed by atoms with Gasteiger partial charge in [0.1, 0.15) is 0 Å². The van der Waals surface area contributed by atoms with Crippen LogP contribution in [0.3, 0.4) is 0 Å². The lowest BCUT2D eigenvalue weighted by Crippen LogP contribution is -2.31. The summed E-state index contributed by atoms with van der Waals surface area (Å²) in [6, 6.07) is 5.62. The summed E-state index contributed by atoms with van der Waals surface area (Å²) in [4.78, 5) is 4.29. The topological polar surface area (TPSA) is 54.6 Å². The molecule has 6 nitrogen and oxygen atoms in total. The van der Waals surface area contributed by atoms with Crippen LogP contribution in [0.5, 0.6) is 0 Å². The molecule has 0 spiro atoms. The van der Waals surface area contributed by atoms with E-state index in [1.165, 1.54) is 0 Å². The minimum absolute atomic E-state index is 0.564. The van der Waals surface area contributed by atoms with Gasteiger partial charge >= 0.3 is 0 Å². The smallest absolute Gasteiger partial charge is 0.170 e. The standard InChI is InChI=1S/C18H31ClN6S2/c1-24(2)11-5-9-20-17(26)22-14-7-8-16(15(19)13-14)23-18(27)21-10-6-12-25(3)4/h7-8,13H,5-6,9-12H2,1-4H3,(H2,20,22,26)(H2,21,23,27). The molecule has 0 fully saturated rings. The van der Waals surface area contributed by atoms with Crippen molar-refractivity contribution >= 4 is 57.6 Å². The Hall–Kier alpha value is -1.19. The molecule has 27 heavy (non-hydrogen) atoms. The van der Waals surface area contributed by atoms with E-state index >= 15 is 0 Å². The number of rotatable bonds is 10. The predicted octanol–water partition coefficient (Wildman–Crippen LogP) is 2.82. The second-order valence-electron chi connectivity index (χ2n) is 6.77. The Labute approximate surface area is 179 Å². The Morgan fingerprint density at radius 3 is 1.89 bits per heavy atom. The van der Waals surface area contributed by atoms with Gasteiger partial charge in [-0.25, -0.2) is 0 Å². The molecule has 152 valence electrons. The van der Waals surface area contributed by atoms with Crippen LogP contribution < -0.4 is 21.3 Å². The number of nitrogens with zero attached hydrogens (tertiary/aromatic N) is 2. The molecular weight excluding hydrogens is 400 g/mol. The van der Waals surface area contributed by atoms with Crippen LogP contribution >= 0.6 is 36.0 Å². The first-order valence-corrected chi connectivity index (χ1v) is 10.2. The van der Waals surface area contributed by atoms with Gasteiger partial charge in [-0.2, -0.15) is 0 Å². The summed E-state index contributed by atoms with van der Waals surface area (Å²) in [6.07, 6.45) is 2.04. The van der Waals surface area contributed by atoms with Crippen LogP contribution in [0, 0.1) is 0 Å². The Bertz CT molecular complexity index is 610. The highest BCUT2D eigenvalue weighted by Gasteiger charge is 2.05. The summed E-state index contributed by atoms with van der Waals surface area (Å²) >= 11 is 17.0. The molecule has 0 aliphatic heterocycles. The third kappa shape index (κ3) is 11.3. The van der Waals surface area contributed by atoms with Crippen LogP contribution in [0.25, 0.3) is 0 Å². The third-order valence-electron chi connectivity index (χ3n) is 3.61. The first-order valence-electron chi connectivity index (χ1n) is 8.96. The lowest BCUT2D eigenvalue weighted by atomic mass is 10.3. The van der Waals surface area contributed by atoms with Gasteiger partial charge in [0.15, 0.2) is 10.2 Å². The Morgan fingerprint density at radius 2 is 1.41 bits per heavy atom. The number of hydrogen-bond acceptors (Lipinski definition) is 4. The van der Waals surface area contributed by atoms with E-state index in [2.05, 4.69) is 59.3 Å². The van der Waals surface area contributed by atoms with Crippen LogP contribution in [-0.2, 0) is 0 Å². The Morgan fingerprint density at radius 1 is 0.889 bits per heavy atom. The van der Waals surface area contributed by atoms with Gasteiger partial charge in [0.25, 0.3) is 0 Å². The van der Waals surface area contributed by atoms with Gasteiger partial charge < -0.3 is 31.1 Å². The molecule has 9 heteroatoms. The lowest BCUT2D eigenvalue weighted by Gasteiger charge is -2.15. The molecular formula is C18H31ClN6S2. The average molecular weight is 431 g/mol. The zero-order chi connectivity index (χ0) is 20.2. The van der Waals surface area contributed by atoms with Gasteiger partial charge in [-0.15, -0.1) is 0 Å².